The largest absolute Gasteiger partial charge is 0.419 e. The van der Waals surface area contributed by atoms with Crippen molar-refractivity contribution in [3.05, 3.63) is 54.2 Å². The summed E-state index contributed by atoms with van der Waals surface area (Å²) in [5, 5.41) is 3.35. The summed E-state index contributed by atoms with van der Waals surface area (Å²) in [4.78, 5) is 5.64. The molecule has 6 heteroatoms. The lowest BCUT2D eigenvalue weighted by atomic mass is 10.2. The second-order valence-corrected chi connectivity index (χ2v) is 5.31. The Morgan fingerprint density at radius 2 is 1.86 bits per heavy atom. The van der Waals surface area contributed by atoms with Gasteiger partial charge in [0.05, 0.1) is 5.56 Å². The first-order valence-electron chi connectivity index (χ1n) is 7.13. The van der Waals surface area contributed by atoms with E-state index in [0.717, 1.165) is 18.2 Å². The number of pyridine rings is 1. The molecule has 1 aromatic carbocycles. The summed E-state index contributed by atoms with van der Waals surface area (Å²) in [6.45, 7) is 1.07. The van der Waals surface area contributed by atoms with Gasteiger partial charge in [0.15, 0.2) is 0 Å². The predicted molar refractivity (Wildman–Crippen MR) is 79.9 cm³/mol. The van der Waals surface area contributed by atoms with Crippen LogP contribution in [-0.2, 0) is 6.18 Å². The first kappa shape index (κ1) is 14.7. The van der Waals surface area contributed by atoms with Crippen molar-refractivity contribution in [1.29, 1.82) is 0 Å². The highest BCUT2D eigenvalue weighted by Crippen LogP contribution is 2.36. The predicted octanol–water partition coefficient (Wildman–Crippen LogP) is 3.79. The quantitative estimate of drug-likeness (QED) is 0.935. The van der Waals surface area contributed by atoms with Gasteiger partial charge in [-0.05, 0) is 30.7 Å². The molecule has 1 aromatic heterocycles. The minimum absolute atomic E-state index is 0.0207. The zero-order chi connectivity index (χ0) is 15.6. The van der Waals surface area contributed by atoms with Gasteiger partial charge < -0.3 is 10.2 Å². The summed E-state index contributed by atoms with van der Waals surface area (Å²) >= 11 is 0. The Morgan fingerprint density at radius 1 is 1.09 bits per heavy atom. The van der Waals surface area contributed by atoms with Gasteiger partial charge in [0.25, 0.3) is 0 Å². The molecule has 3 rings (SSSR count). The normalized spacial score (nSPS) is 18.5. The van der Waals surface area contributed by atoms with E-state index >= 15 is 0 Å². The van der Waals surface area contributed by atoms with Crippen LogP contribution in [0.15, 0.2) is 48.7 Å². The van der Waals surface area contributed by atoms with Gasteiger partial charge in [-0.1, -0.05) is 18.2 Å². The van der Waals surface area contributed by atoms with Crippen molar-refractivity contribution < 1.29 is 13.2 Å². The monoisotopic (exact) mass is 307 g/mol. The fourth-order valence-corrected chi connectivity index (χ4v) is 2.71. The topological polar surface area (TPSA) is 28.2 Å². The van der Waals surface area contributed by atoms with E-state index in [1.807, 2.05) is 30.3 Å². The van der Waals surface area contributed by atoms with E-state index in [4.69, 9.17) is 0 Å². The van der Waals surface area contributed by atoms with Crippen LogP contribution in [0.1, 0.15) is 12.0 Å². The third-order valence-electron chi connectivity index (χ3n) is 3.72. The highest BCUT2D eigenvalue weighted by Gasteiger charge is 2.37. The first-order chi connectivity index (χ1) is 10.5. The highest BCUT2D eigenvalue weighted by atomic mass is 19.4. The van der Waals surface area contributed by atoms with E-state index in [-0.39, 0.29) is 11.9 Å². The molecule has 1 fully saturated rings. The maximum atomic E-state index is 13.1. The number of nitrogens with one attached hydrogen (secondary N) is 1. The number of rotatable bonds is 3. The molecule has 0 radical (unpaired) electrons. The van der Waals surface area contributed by atoms with Gasteiger partial charge in [0, 0.05) is 31.0 Å². The SMILES string of the molecule is FC(F)(F)c1cccnc1N1CCC(Nc2ccccc2)C1. The molecule has 1 atom stereocenters. The van der Waals surface area contributed by atoms with E-state index in [9.17, 15) is 13.2 Å². The lowest BCUT2D eigenvalue weighted by Crippen LogP contribution is -2.28. The molecule has 0 amide bonds. The van der Waals surface area contributed by atoms with Gasteiger partial charge in [-0.25, -0.2) is 4.98 Å². The number of nitrogens with zero attached hydrogens (tertiary/aromatic N) is 2. The Morgan fingerprint density at radius 3 is 2.59 bits per heavy atom. The van der Waals surface area contributed by atoms with E-state index in [2.05, 4.69) is 10.3 Å². The molecule has 0 saturated carbocycles. The van der Waals surface area contributed by atoms with Gasteiger partial charge >= 0.3 is 6.18 Å². The number of aromatic nitrogens is 1. The van der Waals surface area contributed by atoms with Crippen molar-refractivity contribution in [2.45, 2.75) is 18.6 Å². The lowest BCUT2D eigenvalue weighted by Gasteiger charge is -2.22. The van der Waals surface area contributed by atoms with E-state index in [1.54, 1.807) is 4.90 Å². The fraction of sp³-hybridized carbons (Fsp3) is 0.312. The van der Waals surface area contributed by atoms with Crippen LogP contribution in [0.5, 0.6) is 0 Å². The number of hydrogen-bond acceptors (Lipinski definition) is 3. The van der Waals surface area contributed by atoms with Crippen molar-refractivity contribution >= 4 is 11.5 Å². The maximum Gasteiger partial charge on any atom is 0.419 e. The molecule has 2 aromatic rings. The van der Waals surface area contributed by atoms with Crippen LogP contribution >= 0.6 is 0 Å². The summed E-state index contributed by atoms with van der Waals surface area (Å²) in [5.41, 5.74) is 0.307. The molecular weight excluding hydrogens is 291 g/mol. The molecule has 0 bridgehead atoms. The second kappa shape index (κ2) is 5.87. The molecule has 116 valence electrons. The Hall–Kier alpha value is -2.24. The van der Waals surface area contributed by atoms with Crippen LogP contribution < -0.4 is 10.2 Å². The van der Waals surface area contributed by atoms with Crippen LogP contribution in [0.25, 0.3) is 0 Å². The van der Waals surface area contributed by atoms with Gasteiger partial charge in [-0.15, -0.1) is 0 Å². The molecule has 0 spiro atoms. The Labute approximate surface area is 126 Å². The van der Waals surface area contributed by atoms with Crippen molar-refractivity contribution in [2.75, 3.05) is 23.3 Å². The summed E-state index contributed by atoms with van der Waals surface area (Å²) in [7, 11) is 0. The minimum Gasteiger partial charge on any atom is -0.380 e. The van der Waals surface area contributed by atoms with Crippen LogP contribution in [-0.4, -0.2) is 24.1 Å². The van der Waals surface area contributed by atoms with Gasteiger partial charge in [-0.3, -0.25) is 0 Å². The van der Waals surface area contributed by atoms with E-state index in [1.165, 1.54) is 12.3 Å². The van der Waals surface area contributed by atoms with Crippen molar-refractivity contribution in [1.82, 2.24) is 4.98 Å². The maximum absolute atomic E-state index is 13.1. The number of para-hydroxylation sites is 1. The lowest BCUT2D eigenvalue weighted by molar-refractivity contribution is -0.137. The summed E-state index contributed by atoms with van der Waals surface area (Å²) in [6, 6.07) is 12.2. The van der Waals surface area contributed by atoms with Crippen LogP contribution in [0.4, 0.5) is 24.7 Å². The molecule has 3 nitrogen and oxygen atoms in total. The van der Waals surface area contributed by atoms with Crippen molar-refractivity contribution in [3.63, 3.8) is 0 Å². The average Bonchev–Trinajstić information content (AvgIpc) is 2.96. The molecule has 0 aliphatic carbocycles. The van der Waals surface area contributed by atoms with Crippen molar-refractivity contribution in [3.8, 4) is 0 Å². The molecular formula is C16H16F3N3. The van der Waals surface area contributed by atoms with Gasteiger partial charge in [-0.2, -0.15) is 13.2 Å². The number of halogens is 3. The minimum atomic E-state index is -4.38. The Bertz CT molecular complexity index is 628. The van der Waals surface area contributed by atoms with Gasteiger partial charge in [0.1, 0.15) is 5.82 Å². The summed E-state index contributed by atoms with van der Waals surface area (Å²) < 4.78 is 39.2. The zero-order valence-electron chi connectivity index (χ0n) is 11.8. The third-order valence-corrected chi connectivity index (χ3v) is 3.72. The van der Waals surface area contributed by atoms with Gasteiger partial charge in [0.2, 0.25) is 0 Å². The summed E-state index contributed by atoms with van der Waals surface area (Å²) in [6.07, 6.45) is -2.19. The molecule has 1 N–H and O–H groups in total. The fourth-order valence-electron chi connectivity index (χ4n) is 2.71. The molecule has 1 aliphatic heterocycles. The molecule has 2 heterocycles. The molecule has 1 aliphatic rings. The number of benzene rings is 1. The number of hydrogen-bond donors (Lipinski definition) is 1. The summed E-state index contributed by atoms with van der Waals surface area (Å²) in [5.74, 6) is 0.0207. The average molecular weight is 307 g/mol. The van der Waals surface area contributed by atoms with Crippen LogP contribution in [0, 0.1) is 0 Å². The zero-order valence-corrected chi connectivity index (χ0v) is 11.8. The van der Waals surface area contributed by atoms with E-state index in [0.29, 0.717) is 13.1 Å². The standard InChI is InChI=1S/C16H16F3N3/c17-16(18,19)14-7-4-9-20-15(14)22-10-8-13(11-22)21-12-5-2-1-3-6-12/h1-7,9,13,21H,8,10-11H2. The number of anilines is 2. The molecule has 1 unspecified atom stereocenters. The third kappa shape index (κ3) is 3.16. The van der Waals surface area contributed by atoms with Crippen LogP contribution in [0.3, 0.4) is 0 Å². The molecule has 1 saturated heterocycles. The van der Waals surface area contributed by atoms with Crippen LogP contribution in [0.2, 0.25) is 0 Å². The Kier molecular flexibility index (Phi) is 3.92. The van der Waals surface area contributed by atoms with Crippen molar-refractivity contribution in [2.24, 2.45) is 0 Å². The Balaban J connectivity index is 1.73. The van der Waals surface area contributed by atoms with E-state index < -0.39 is 11.7 Å². The second-order valence-electron chi connectivity index (χ2n) is 5.31. The number of alkyl halides is 3. The highest BCUT2D eigenvalue weighted by molar-refractivity contribution is 5.51. The molecule has 22 heavy (non-hydrogen) atoms. The first-order valence-corrected chi connectivity index (χ1v) is 7.13. The smallest absolute Gasteiger partial charge is 0.380 e.